The lowest BCUT2D eigenvalue weighted by Crippen LogP contribution is -2.59. The van der Waals surface area contributed by atoms with Gasteiger partial charge in [0.1, 0.15) is 11.8 Å². The number of amidine groups is 1. The number of aliphatic imine (C=N–C) groups is 2. The molecule has 0 spiro atoms. The second kappa shape index (κ2) is 6.31. The highest BCUT2D eigenvalue weighted by molar-refractivity contribution is 6.32. The van der Waals surface area contributed by atoms with E-state index in [0.29, 0.717) is 22.8 Å². The summed E-state index contributed by atoms with van der Waals surface area (Å²) in [6.07, 6.45) is 3.15. The molecular weight excluding hydrogens is 324 g/mol. The first kappa shape index (κ1) is 16.6. The van der Waals surface area contributed by atoms with Crippen molar-refractivity contribution in [1.82, 2.24) is 9.80 Å². The van der Waals surface area contributed by atoms with Crippen LogP contribution in [0.1, 0.15) is 10.4 Å². The van der Waals surface area contributed by atoms with E-state index in [-0.39, 0.29) is 5.91 Å². The van der Waals surface area contributed by atoms with E-state index < -0.39 is 17.9 Å². The predicted octanol–water partition coefficient (Wildman–Crippen LogP) is 1.61. The van der Waals surface area contributed by atoms with Crippen LogP contribution in [0.25, 0.3) is 0 Å². The highest BCUT2D eigenvalue weighted by Crippen LogP contribution is 2.24. The maximum Gasteiger partial charge on any atom is 0.337 e. The van der Waals surface area contributed by atoms with Crippen molar-refractivity contribution in [2.45, 2.75) is 0 Å². The number of carbonyl (C=O) groups excluding carboxylic acids is 3. The van der Waals surface area contributed by atoms with Crippen LogP contribution in [0.4, 0.5) is 10.5 Å². The highest BCUT2D eigenvalue weighted by Gasteiger charge is 2.43. The average molecular weight is 340 g/mol. The zero-order chi connectivity index (χ0) is 18.1. The van der Waals surface area contributed by atoms with Crippen molar-refractivity contribution in [2.75, 3.05) is 21.2 Å². The molecule has 2 aliphatic rings. The minimum Gasteiger partial charge on any atom is -0.465 e. The third-order valence-corrected chi connectivity index (χ3v) is 4.05. The molecule has 2 aliphatic heterocycles. The molecule has 2 heterocycles. The summed E-state index contributed by atoms with van der Waals surface area (Å²) in [6, 6.07) is 6.07. The molecule has 1 unspecified atom stereocenters. The fourth-order valence-corrected chi connectivity index (χ4v) is 2.66. The van der Waals surface area contributed by atoms with Gasteiger partial charge >= 0.3 is 12.0 Å². The third kappa shape index (κ3) is 2.82. The number of imide groups is 1. The molecule has 0 aromatic heterocycles. The van der Waals surface area contributed by atoms with Crippen LogP contribution >= 0.6 is 0 Å². The Morgan fingerprint density at radius 1 is 1.16 bits per heavy atom. The van der Waals surface area contributed by atoms with Crippen molar-refractivity contribution in [3.63, 3.8) is 0 Å². The number of ether oxygens (including phenoxy) is 1. The fourth-order valence-electron chi connectivity index (χ4n) is 2.66. The van der Waals surface area contributed by atoms with Gasteiger partial charge in [0.25, 0.3) is 0 Å². The Labute approximate surface area is 144 Å². The Kier molecular flexibility index (Phi) is 4.18. The number of urea groups is 1. The zero-order valence-corrected chi connectivity index (χ0v) is 14.0. The van der Waals surface area contributed by atoms with Gasteiger partial charge in [0.2, 0.25) is 5.91 Å². The quantitative estimate of drug-likeness (QED) is 0.765. The first-order valence-corrected chi connectivity index (χ1v) is 7.50. The molecule has 8 heteroatoms. The van der Waals surface area contributed by atoms with E-state index in [0.717, 1.165) is 4.90 Å². The van der Waals surface area contributed by atoms with Crippen molar-refractivity contribution in [3.8, 4) is 0 Å². The maximum atomic E-state index is 12.5. The lowest BCUT2D eigenvalue weighted by molar-refractivity contribution is -0.128. The van der Waals surface area contributed by atoms with E-state index in [1.807, 2.05) is 0 Å². The molecule has 3 rings (SSSR count). The number of carbonyl (C=O) groups is 3. The van der Waals surface area contributed by atoms with E-state index in [4.69, 9.17) is 0 Å². The second-order valence-corrected chi connectivity index (χ2v) is 5.55. The number of rotatable bonds is 2. The normalized spacial score (nSPS) is 21.3. The molecule has 8 nitrogen and oxygen atoms in total. The summed E-state index contributed by atoms with van der Waals surface area (Å²) in [5.74, 6) is -1.20. The maximum absolute atomic E-state index is 12.5. The number of amides is 3. The van der Waals surface area contributed by atoms with Crippen LogP contribution in [0.3, 0.4) is 0 Å². The number of fused-ring (bicyclic) bond motifs is 1. The molecule has 1 saturated heterocycles. The SMILES string of the molecule is COC(=O)c1ccc(N=C2C=CN=C3C2C(=O)N(C)C(=O)N3C)cc1. The lowest BCUT2D eigenvalue weighted by atomic mass is 9.95. The molecule has 1 aromatic carbocycles. The summed E-state index contributed by atoms with van der Waals surface area (Å²) in [6.45, 7) is 0. The van der Waals surface area contributed by atoms with Crippen LogP contribution in [0.2, 0.25) is 0 Å². The highest BCUT2D eigenvalue weighted by atomic mass is 16.5. The summed E-state index contributed by atoms with van der Waals surface area (Å²) >= 11 is 0. The predicted molar refractivity (Wildman–Crippen MR) is 90.9 cm³/mol. The molecule has 1 fully saturated rings. The Morgan fingerprint density at radius 2 is 1.84 bits per heavy atom. The lowest BCUT2D eigenvalue weighted by Gasteiger charge is -2.36. The number of allylic oxidation sites excluding steroid dienone is 1. The second-order valence-electron chi connectivity index (χ2n) is 5.55. The first-order valence-electron chi connectivity index (χ1n) is 7.50. The van der Waals surface area contributed by atoms with Crippen LogP contribution in [-0.2, 0) is 9.53 Å². The van der Waals surface area contributed by atoms with Crippen LogP contribution in [0.15, 0.2) is 46.5 Å². The Bertz CT molecular complexity index is 839. The Hall–Kier alpha value is -3.29. The number of benzene rings is 1. The molecule has 25 heavy (non-hydrogen) atoms. The van der Waals surface area contributed by atoms with Gasteiger partial charge in [0.05, 0.1) is 24.1 Å². The van der Waals surface area contributed by atoms with Crippen LogP contribution < -0.4 is 0 Å². The van der Waals surface area contributed by atoms with Crippen molar-refractivity contribution in [3.05, 3.63) is 42.1 Å². The Morgan fingerprint density at radius 3 is 2.48 bits per heavy atom. The minimum absolute atomic E-state index is 0.348. The molecule has 0 radical (unpaired) electrons. The third-order valence-electron chi connectivity index (χ3n) is 4.05. The van der Waals surface area contributed by atoms with Gasteiger partial charge in [-0.1, -0.05) is 0 Å². The number of nitrogens with zero attached hydrogens (tertiary/aromatic N) is 4. The molecule has 3 amide bonds. The van der Waals surface area contributed by atoms with Crippen LogP contribution in [0.5, 0.6) is 0 Å². The summed E-state index contributed by atoms with van der Waals surface area (Å²) in [5.41, 5.74) is 1.46. The van der Waals surface area contributed by atoms with Gasteiger partial charge in [-0.2, -0.15) is 0 Å². The van der Waals surface area contributed by atoms with Gasteiger partial charge in [-0.15, -0.1) is 0 Å². The molecule has 0 N–H and O–H groups in total. The smallest absolute Gasteiger partial charge is 0.337 e. The van der Waals surface area contributed by atoms with Crippen LogP contribution in [0, 0.1) is 5.92 Å². The average Bonchev–Trinajstić information content (AvgIpc) is 2.64. The monoisotopic (exact) mass is 340 g/mol. The summed E-state index contributed by atoms with van der Waals surface area (Å²) in [5, 5.41) is 0. The van der Waals surface area contributed by atoms with E-state index in [9.17, 15) is 14.4 Å². The summed E-state index contributed by atoms with van der Waals surface area (Å²) in [7, 11) is 4.31. The van der Waals surface area contributed by atoms with Gasteiger partial charge in [-0.3, -0.25) is 19.6 Å². The number of methoxy groups -OCH3 is 1. The van der Waals surface area contributed by atoms with Crippen molar-refractivity contribution in [1.29, 1.82) is 0 Å². The van der Waals surface area contributed by atoms with Gasteiger partial charge < -0.3 is 4.74 Å². The standard InChI is InChI=1S/C17H16N4O4/c1-20-14-13(15(22)21(2)17(20)24)12(8-9-18-14)19-11-6-4-10(5-7-11)16(23)25-3/h4-9,13H,1-3H3. The summed E-state index contributed by atoms with van der Waals surface area (Å²) in [4.78, 5) is 47.1. The van der Waals surface area contributed by atoms with E-state index in [2.05, 4.69) is 14.7 Å². The van der Waals surface area contributed by atoms with Gasteiger partial charge in [-0.25, -0.2) is 14.6 Å². The molecule has 0 saturated carbocycles. The first-order chi connectivity index (χ1) is 11.9. The van der Waals surface area contributed by atoms with Gasteiger partial charge in [0, 0.05) is 20.3 Å². The van der Waals surface area contributed by atoms with Gasteiger partial charge in [-0.05, 0) is 30.3 Å². The molecule has 1 atom stereocenters. The van der Waals surface area contributed by atoms with E-state index >= 15 is 0 Å². The van der Waals surface area contributed by atoms with E-state index in [1.165, 1.54) is 25.3 Å². The molecular formula is C17H16N4O4. The Balaban J connectivity index is 1.95. The van der Waals surface area contributed by atoms with Crippen molar-refractivity contribution in [2.24, 2.45) is 15.9 Å². The van der Waals surface area contributed by atoms with E-state index in [1.54, 1.807) is 37.4 Å². The number of esters is 1. The zero-order valence-electron chi connectivity index (χ0n) is 14.0. The molecule has 1 aromatic rings. The minimum atomic E-state index is -0.738. The molecule has 0 aliphatic carbocycles. The summed E-state index contributed by atoms with van der Waals surface area (Å²) < 4.78 is 4.66. The number of hydrogen-bond acceptors (Lipinski definition) is 6. The molecule has 0 bridgehead atoms. The molecule has 128 valence electrons. The van der Waals surface area contributed by atoms with Crippen molar-refractivity contribution >= 4 is 35.1 Å². The topological polar surface area (TPSA) is 91.6 Å². The van der Waals surface area contributed by atoms with Crippen molar-refractivity contribution < 1.29 is 19.1 Å². The van der Waals surface area contributed by atoms with Gasteiger partial charge in [0.15, 0.2) is 0 Å². The largest absolute Gasteiger partial charge is 0.465 e. The number of hydrogen-bond donors (Lipinski definition) is 0. The fraction of sp³-hybridized carbons (Fsp3) is 0.235. The van der Waals surface area contributed by atoms with Crippen LogP contribution in [-0.4, -0.2) is 60.5 Å².